The van der Waals surface area contributed by atoms with Gasteiger partial charge in [0.05, 0.1) is 39.4 Å². The van der Waals surface area contributed by atoms with Crippen molar-refractivity contribution in [1.82, 2.24) is 10.6 Å². The van der Waals surface area contributed by atoms with Crippen molar-refractivity contribution in [3.05, 3.63) is 59.3 Å². The van der Waals surface area contributed by atoms with Gasteiger partial charge >= 0.3 is 0 Å². The molecule has 170 valence electrons. The predicted molar refractivity (Wildman–Crippen MR) is 124 cm³/mol. The van der Waals surface area contributed by atoms with E-state index in [-0.39, 0.29) is 13.2 Å². The number of hydrogen-bond donors (Lipinski definition) is 2. The van der Waals surface area contributed by atoms with E-state index >= 15 is 0 Å². The molecule has 9 heteroatoms. The van der Waals surface area contributed by atoms with E-state index in [1.807, 2.05) is 24.3 Å². The van der Waals surface area contributed by atoms with Crippen molar-refractivity contribution in [2.45, 2.75) is 18.9 Å². The molecule has 2 heterocycles. The van der Waals surface area contributed by atoms with E-state index in [9.17, 15) is 0 Å². The summed E-state index contributed by atoms with van der Waals surface area (Å²) in [5.41, 5.74) is 1.82. The van der Waals surface area contributed by atoms with Gasteiger partial charge in [0.25, 0.3) is 0 Å². The predicted octanol–water partition coefficient (Wildman–Crippen LogP) is 1.65. The maximum absolute atomic E-state index is 8.68. The Bertz CT molecular complexity index is 1040. The zero-order valence-electron chi connectivity index (χ0n) is 18.4. The third-order valence-corrected chi connectivity index (χ3v) is 4.06. The number of benzene rings is 1. The van der Waals surface area contributed by atoms with E-state index in [2.05, 4.69) is 44.4 Å². The fraction of sp³-hybridized carbons (Fsp3) is 0.292. The SMILES string of the molecule is C#CCOC1N=CNC=C1OC.COC1=CNC=NC1OCC#Cc1cccc(CC#N)c1. The Balaban J connectivity index is 0.000000273. The summed E-state index contributed by atoms with van der Waals surface area (Å²) in [5, 5.41) is 14.3. The molecule has 0 saturated heterocycles. The van der Waals surface area contributed by atoms with Crippen LogP contribution in [0.4, 0.5) is 0 Å². The minimum Gasteiger partial charge on any atom is -0.495 e. The zero-order valence-corrected chi connectivity index (χ0v) is 18.4. The quantitative estimate of drug-likeness (QED) is 0.612. The Hall–Kier alpha value is -4.23. The highest BCUT2D eigenvalue weighted by Gasteiger charge is 2.16. The Morgan fingerprint density at radius 2 is 1.64 bits per heavy atom. The van der Waals surface area contributed by atoms with Crippen LogP contribution in [0, 0.1) is 35.5 Å². The van der Waals surface area contributed by atoms with E-state index in [1.165, 1.54) is 6.34 Å². The molecule has 9 nitrogen and oxygen atoms in total. The van der Waals surface area contributed by atoms with Crippen LogP contribution in [-0.2, 0) is 25.4 Å². The highest BCUT2D eigenvalue weighted by Crippen LogP contribution is 2.11. The number of nitrogens with zero attached hydrogens (tertiary/aromatic N) is 3. The molecule has 0 amide bonds. The monoisotopic (exact) mass is 447 g/mol. The topological polar surface area (TPSA) is 109 Å². The zero-order chi connectivity index (χ0) is 23.7. The summed E-state index contributed by atoms with van der Waals surface area (Å²) in [6.45, 7) is 0.466. The van der Waals surface area contributed by atoms with Gasteiger partial charge in [-0.05, 0) is 17.7 Å². The highest BCUT2D eigenvalue weighted by atomic mass is 16.5. The number of hydrogen-bond acceptors (Lipinski definition) is 9. The standard InChI is InChI=1S/C16H15N3O2.C8H10N2O2/c1-20-15-11-18-12-19-16(15)21-9-3-6-13-4-2-5-14(10-13)7-8-17;1-3-4-12-8-7(11-2)5-9-6-10-8/h2,4-5,10-12,16H,7,9H2,1H3,(H,18,19);1,5-6,8H,4H2,2H3,(H,9,10). The van der Waals surface area contributed by atoms with Crippen LogP contribution in [-0.4, -0.2) is 52.6 Å². The van der Waals surface area contributed by atoms with Crippen molar-refractivity contribution >= 4 is 12.7 Å². The summed E-state index contributed by atoms with van der Waals surface area (Å²) in [5.74, 6) is 9.52. The lowest BCUT2D eigenvalue weighted by Gasteiger charge is -2.17. The summed E-state index contributed by atoms with van der Waals surface area (Å²) in [7, 11) is 3.12. The number of rotatable bonds is 7. The van der Waals surface area contributed by atoms with Crippen LogP contribution >= 0.6 is 0 Å². The lowest BCUT2D eigenvalue weighted by atomic mass is 10.1. The molecule has 0 fully saturated rings. The fourth-order valence-electron chi connectivity index (χ4n) is 2.56. The molecule has 2 aliphatic rings. The molecule has 0 bridgehead atoms. The lowest BCUT2D eigenvalue weighted by molar-refractivity contribution is 0.0635. The van der Waals surface area contributed by atoms with Crippen molar-refractivity contribution in [2.24, 2.45) is 9.98 Å². The van der Waals surface area contributed by atoms with Gasteiger partial charge < -0.3 is 29.6 Å². The normalized spacial score (nSPS) is 17.7. The molecule has 0 radical (unpaired) electrons. The second kappa shape index (κ2) is 14.7. The molecule has 1 aromatic carbocycles. The molecular weight excluding hydrogens is 422 g/mol. The van der Waals surface area contributed by atoms with Gasteiger partial charge in [-0.25, -0.2) is 9.98 Å². The Labute approximate surface area is 193 Å². The van der Waals surface area contributed by atoms with E-state index in [1.54, 1.807) is 33.0 Å². The Morgan fingerprint density at radius 1 is 1.00 bits per heavy atom. The third kappa shape index (κ3) is 8.80. The summed E-state index contributed by atoms with van der Waals surface area (Å²) in [6.07, 6.45) is 11.0. The largest absolute Gasteiger partial charge is 0.495 e. The number of aliphatic imine (C=N–C) groups is 2. The molecule has 0 saturated carbocycles. The molecule has 0 aliphatic carbocycles. The number of nitriles is 1. The number of methoxy groups -OCH3 is 2. The number of nitrogens with one attached hydrogen (secondary N) is 2. The molecule has 1 aromatic rings. The second-order valence-electron chi connectivity index (χ2n) is 6.26. The van der Waals surface area contributed by atoms with Crippen LogP contribution in [0.25, 0.3) is 0 Å². The summed E-state index contributed by atoms with van der Waals surface area (Å²) in [6, 6.07) is 9.72. The van der Waals surface area contributed by atoms with E-state index in [0.717, 1.165) is 11.1 Å². The van der Waals surface area contributed by atoms with Crippen LogP contribution < -0.4 is 10.6 Å². The van der Waals surface area contributed by atoms with Crippen LogP contribution in [0.1, 0.15) is 11.1 Å². The van der Waals surface area contributed by atoms with E-state index in [4.69, 9.17) is 30.6 Å². The van der Waals surface area contributed by atoms with Crippen LogP contribution in [0.5, 0.6) is 0 Å². The van der Waals surface area contributed by atoms with Gasteiger partial charge in [0, 0.05) is 18.0 Å². The van der Waals surface area contributed by atoms with Gasteiger partial charge in [0.2, 0.25) is 12.5 Å². The third-order valence-electron chi connectivity index (χ3n) is 4.06. The Kier molecular flexibility index (Phi) is 11.2. The first kappa shape index (κ1) is 25.0. The number of terminal acetylenes is 1. The summed E-state index contributed by atoms with van der Waals surface area (Å²) in [4.78, 5) is 8.08. The van der Waals surface area contributed by atoms with Gasteiger partial charge in [-0.1, -0.05) is 29.9 Å². The van der Waals surface area contributed by atoms with Gasteiger partial charge in [-0.15, -0.1) is 6.42 Å². The fourth-order valence-corrected chi connectivity index (χ4v) is 2.56. The van der Waals surface area contributed by atoms with Crippen molar-refractivity contribution in [3.63, 3.8) is 0 Å². The molecule has 0 spiro atoms. The van der Waals surface area contributed by atoms with Crippen molar-refractivity contribution < 1.29 is 18.9 Å². The van der Waals surface area contributed by atoms with E-state index < -0.39 is 12.5 Å². The summed E-state index contributed by atoms with van der Waals surface area (Å²) < 4.78 is 20.8. The molecule has 2 N–H and O–H groups in total. The smallest absolute Gasteiger partial charge is 0.210 e. The lowest BCUT2D eigenvalue weighted by Crippen LogP contribution is -2.23. The van der Waals surface area contributed by atoms with Crippen molar-refractivity contribution in [1.29, 1.82) is 5.26 Å². The van der Waals surface area contributed by atoms with Gasteiger partial charge in [0.15, 0.2) is 11.5 Å². The maximum atomic E-state index is 8.68. The number of ether oxygens (including phenoxy) is 4. The molecule has 2 atom stereocenters. The van der Waals surface area contributed by atoms with E-state index in [0.29, 0.717) is 17.9 Å². The minimum absolute atomic E-state index is 0.225. The molecule has 3 rings (SSSR count). The molecule has 0 aromatic heterocycles. The van der Waals surface area contributed by atoms with Gasteiger partial charge in [-0.2, -0.15) is 5.26 Å². The molecule has 2 unspecified atom stereocenters. The van der Waals surface area contributed by atoms with Crippen molar-refractivity contribution in [2.75, 3.05) is 27.4 Å². The highest BCUT2D eigenvalue weighted by molar-refractivity contribution is 5.58. The van der Waals surface area contributed by atoms with Crippen LogP contribution in [0.3, 0.4) is 0 Å². The van der Waals surface area contributed by atoms with Crippen LogP contribution in [0.2, 0.25) is 0 Å². The molecule has 2 aliphatic heterocycles. The Morgan fingerprint density at radius 3 is 2.21 bits per heavy atom. The first-order chi connectivity index (χ1) is 16.2. The second-order valence-corrected chi connectivity index (χ2v) is 6.26. The maximum Gasteiger partial charge on any atom is 0.210 e. The average molecular weight is 447 g/mol. The first-order valence-electron chi connectivity index (χ1n) is 9.86. The minimum atomic E-state index is -0.463. The van der Waals surface area contributed by atoms with Crippen LogP contribution in [0.15, 0.2) is 58.2 Å². The average Bonchev–Trinajstić information content (AvgIpc) is 2.86. The molecular formula is C24H25N5O4. The first-order valence-corrected chi connectivity index (χ1v) is 9.86. The van der Waals surface area contributed by atoms with Crippen molar-refractivity contribution in [3.8, 4) is 30.3 Å². The van der Waals surface area contributed by atoms with Gasteiger partial charge in [0.1, 0.15) is 13.2 Å². The van der Waals surface area contributed by atoms with Gasteiger partial charge in [-0.3, -0.25) is 0 Å². The molecule has 33 heavy (non-hydrogen) atoms. The summed E-state index contributed by atoms with van der Waals surface area (Å²) >= 11 is 0.